The summed E-state index contributed by atoms with van der Waals surface area (Å²) in [7, 11) is 3.31. The summed E-state index contributed by atoms with van der Waals surface area (Å²) >= 11 is 0. The molecule has 1 N–H and O–H groups in total. The molecule has 1 aromatic carbocycles. The molecule has 0 aliphatic carbocycles. The number of hydrogen-bond acceptors (Lipinski definition) is 4. The van der Waals surface area contributed by atoms with Crippen LogP contribution in [0.5, 0.6) is 5.75 Å². The molecular weight excluding hydrogens is 356 g/mol. The molecule has 2 atom stereocenters. The largest absolute Gasteiger partial charge is 0.496 e. The summed E-state index contributed by atoms with van der Waals surface area (Å²) < 4.78 is 10.6. The van der Waals surface area contributed by atoms with E-state index in [9.17, 15) is 9.59 Å². The van der Waals surface area contributed by atoms with E-state index in [4.69, 9.17) is 9.47 Å². The first kappa shape index (κ1) is 22.2. The molecule has 0 bridgehead atoms. The van der Waals surface area contributed by atoms with Crippen molar-refractivity contribution in [3.8, 4) is 5.75 Å². The van der Waals surface area contributed by atoms with E-state index in [0.29, 0.717) is 32.5 Å². The maximum Gasteiger partial charge on any atom is 0.225 e. The maximum atomic E-state index is 13.0. The normalized spacial score (nSPS) is 19.5. The second kappa shape index (κ2) is 11.7. The van der Waals surface area contributed by atoms with Gasteiger partial charge in [-0.25, -0.2) is 0 Å². The third kappa shape index (κ3) is 5.71. The van der Waals surface area contributed by atoms with E-state index < -0.39 is 0 Å². The fourth-order valence-corrected chi connectivity index (χ4v) is 3.83. The summed E-state index contributed by atoms with van der Waals surface area (Å²) in [5.74, 6) is 0.589. The van der Waals surface area contributed by atoms with Gasteiger partial charge in [-0.3, -0.25) is 9.59 Å². The number of para-hydroxylation sites is 1. The number of carbonyl (C=O) groups is 2. The van der Waals surface area contributed by atoms with Crippen molar-refractivity contribution < 1.29 is 19.1 Å². The number of nitrogens with one attached hydrogen (secondary N) is 1. The van der Waals surface area contributed by atoms with Crippen molar-refractivity contribution in [2.45, 2.75) is 51.5 Å². The zero-order chi connectivity index (χ0) is 20.4. The summed E-state index contributed by atoms with van der Waals surface area (Å²) in [6.07, 6.45) is 4.69. The number of nitrogens with zero attached hydrogens (tertiary/aromatic N) is 1. The Kier molecular flexibility index (Phi) is 9.28. The number of amides is 2. The highest BCUT2D eigenvalue weighted by Crippen LogP contribution is 2.40. The Morgan fingerprint density at radius 3 is 2.71 bits per heavy atom. The average molecular weight is 391 g/mol. The zero-order valence-corrected chi connectivity index (χ0v) is 17.4. The van der Waals surface area contributed by atoms with E-state index in [1.807, 2.05) is 29.2 Å². The number of rotatable bonds is 11. The zero-order valence-electron chi connectivity index (χ0n) is 17.4. The van der Waals surface area contributed by atoms with Crippen molar-refractivity contribution in [2.75, 3.05) is 33.9 Å². The Balaban J connectivity index is 2.23. The molecule has 1 fully saturated rings. The van der Waals surface area contributed by atoms with Crippen LogP contribution >= 0.6 is 0 Å². The lowest BCUT2D eigenvalue weighted by Gasteiger charge is -2.41. The van der Waals surface area contributed by atoms with Crippen molar-refractivity contribution in [3.63, 3.8) is 0 Å². The van der Waals surface area contributed by atoms with Gasteiger partial charge in [0.25, 0.3) is 0 Å². The number of benzene rings is 1. The molecule has 1 aliphatic heterocycles. The monoisotopic (exact) mass is 390 g/mol. The van der Waals surface area contributed by atoms with Gasteiger partial charge in [0, 0.05) is 38.8 Å². The van der Waals surface area contributed by atoms with Gasteiger partial charge in [-0.15, -0.1) is 0 Å². The van der Waals surface area contributed by atoms with E-state index in [-0.39, 0.29) is 23.8 Å². The molecule has 156 valence electrons. The summed E-state index contributed by atoms with van der Waals surface area (Å²) in [5.41, 5.74) is 0.911. The summed E-state index contributed by atoms with van der Waals surface area (Å²) in [6, 6.07) is 7.43. The minimum absolute atomic E-state index is 0.0160. The van der Waals surface area contributed by atoms with Crippen LogP contribution in [0.1, 0.15) is 57.1 Å². The maximum absolute atomic E-state index is 13.0. The predicted molar refractivity (Wildman–Crippen MR) is 109 cm³/mol. The first-order valence-corrected chi connectivity index (χ1v) is 10.3. The predicted octanol–water partition coefficient (Wildman–Crippen LogP) is 3.32. The Morgan fingerprint density at radius 2 is 2.00 bits per heavy atom. The number of piperidine rings is 1. The molecule has 1 heterocycles. The average Bonchev–Trinajstić information content (AvgIpc) is 2.72. The minimum atomic E-state index is -0.289. The summed E-state index contributed by atoms with van der Waals surface area (Å²) in [4.78, 5) is 27.6. The van der Waals surface area contributed by atoms with Gasteiger partial charge < -0.3 is 19.7 Å². The van der Waals surface area contributed by atoms with Gasteiger partial charge >= 0.3 is 0 Å². The van der Waals surface area contributed by atoms with Crippen molar-refractivity contribution in [1.29, 1.82) is 0 Å². The van der Waals surface area contributed by atoms with Gasteiger partial charge in [-0.1, -0.05) is 31.5 Å². The van der Waals surface area contributed by atoms with E-state index >= 15 is 0 Å². The van der Waals surface area contributed by atoms with Crippen molar-refractivity contribution >= 4 is 11.8 Å². The standard InChI is InChI=1S/C22H34N2O4/c1-4-5-15-24-20(25)13-12-18(22(26)23-14-8-9-16-27-2)21(24)17-10-6-7-11-19(17)28-3/h6-7,10-11,18,21H,4-5,8-9,12-16H2,1-3H3,(H,23,26). The molecule has 6 heteroatoms. The Bertz CT molecular complexity index is 635. The number of carbonyl (C=O) groups excluding carboxylic acids is 2. The lowest BCUT2D eigenvalue weighted by Crippen LogP contribution is -2.48. The van der Waals surface area contributed by atoms with E-state index in [1.54, 1.807) is 14.2 Å². The van der Waals surface area contributed by atoms with Crippen LogP contribution in [0.25, 0.3) is 0 Å². The minimum Gasteiger partial charge on any atom is -0.496 e. The second-order valence-corrected chi connectivity index (χ2v) is 7.26. The fourth-order valence-electron chi connectivity index (χ4n) is 3.83. The van der Waals surface area contributed by atoms with Crippen LogP contribution in [-0.4, -0.2) is 50.6 Å². The lowest BCUT2D eigenvalue weighted by molar-refractivity contribution is -0.143. The molecule has 0 spiro atoms. The molecule has 2 unspecified atom stereocenters. The Hall–Kier alpha value is -2.08. The topological polar surface area (TPSA) is 67.9 Å². The highest BCUT2D eigenvalue weighted by molar-refractivity contribution is 5.85. The molecule has 28 heavy (non-hydrogen) atoms. The molecule has 0 saturated carbocycles. The van der Waals surface area contributed by atoms with Gasteiger partial charge in [0.1, 0.15) is 5.75 Å². The molecule has 6 nitrogen and oxygen atoms in total. The molecule has 0 aromatic heterocycles. The summed E-state index contributed by atoms with van der Waals surface area (Å²) in [6.45, 7) is 4.09. The molecule has 2 rings (SSSR count). The van der Waals surface area contributed by atoms with Crippen LogP contribution in [0.2, 0.25) is 0 Å². The van der Waals surface area contributed by atoms with E-state index in [0.717, 1.165) is 37.0 Å². The molecule has 1 aliphatic rings. The van der Waals surface area contributed by atoms with Crippen LogP contribution in [-0.2, 0) is 14.3 Å². The van der Waals surface area contributed by atoms with Crippen LogP contribution in [0.4, 0.5) is 0 Å². The smallest absolute Gasteiger partial charge is 0.225 e. The Labute approximate surface area is 168 Å². The molecule has 1 saturated heterocycles. The van der Waals surface area contributed by atoms with Crippen LogP contribution in [0, 0.1) is 5.92 Å². The lowest BCUT2D eigenvalue weighted by atomic mass is 9.83. The Morgan fingerprint density at radius 1 is 1.21 bits per heavy atom. The highest BCUT2D eigenvalue weighted by Gasteiger charge is 2.41. The number of methoxy groups -OCH3 is 2. The third-order valence-electron chi connectivity index (χ3n) is 5.33. The van der Waals surface area contributed by atoms with Gasteiger partial charge in [-0.05, 0) is 31.7 Å². The van der Waals surface area contributed by atoms with Crippen molar-refractivity contribution in [1.82, 2.24) is 10.2 Å². The highest BCUT2D eigenvalue weighted by atomic mass is 16.5. The molecular formula is C22H34N2O4. The van der Waals surface area contributed by atoms with E-state index in [2.05, 4.69) is 12.2 Å². The summed E-state index contributed by atoms with van der Waals surface area (Å²) in [5, 5.41) is 3.07. The number of ether oxygens (including phenoxy) is 2. The van der Waals surface area contributed by atoms with Gasteiger partial charge in [-0.2, -0.15) is 0 Å². The van der Waals surface area contributed by atoms with Crippen LogP contribution < -0.4 is 10.1 Å². The van der Waals surface area contributed by atoms with Gasteiger partial charge in [0.15, 0.2) is 0 Å². The van der Waals surface area contributed by atoms with Crippen molar-refractivity contribution in [3.05, 3.63) is 29.8 Å². The van der Waals surface area contributed by atoms with Crippen LogP contribution in [0.3, 0.4) is 0 Å². The third-order valence-corrected chi connectivity index (χ3v) is 5.33. The number of hydrogen-bond donors (Lipinski definition) is 1. The van der Waals surface area contributed by atoms with Gasteiger partial charge in [0.2, 0.25) is 11.8 Å². The number of unbranched alkanes of at least 4 members (excludes halogenated alkanes) is 2. The van der Waals surface area contributed by atoms with Crippen LogP contribution in [0.15, 0.2) is 24.3 Å². The fraction of sp³-hybridized carbons (Fsp3) is 0.636. The van der Waals surface area contributed by atoms with Gasteiger partial charge in [0.05, 0.1) is 19.1 Å². The first-order chi connectivity index (χ1) is 13.6. The van der Waals surface area contributed by atoms with Crippen molar-refractivity contribution in [2.24, 2.45) is 5.92 Å². The molecule has 2 amide bonds. The quantitative estimate of drug-likeness (QED) is 0.589. The SMILES string of the molecule is CCCCN1C(=O)CCC(C(=O)NCCCCOC)C1c1ccccc1OC. The number of likely N-dealkylation sites (tertiary alicyclic amines) is 1. The van der Waals surface area contributed by atoms with E-state index in [1.165, 1.54) is 0 Å². The molecule has 0 radical (unpaired) electrons. The first-order valence-electron chi connectivity index (χ1n) is 10.3. The molecule has 1 aromatic rings. The second-order valence-electron chi connectivity index (χ2n) is 7.26.